The fourth-order valence-corrected chi connectivity index (χ4v) is 2.76. The molecule has 5 nitrogen and oxygen atoms in total. The number of halogens is 1. The Balaban J connectivity index is 2.36. The minimum Gasteiger partial charge on any atom is -0.290 e. The number of nitro groups is 1. The zero-order valence-electron chi connectivity index (χ0n) is 10.6. The Hall–Kier alpha value is -1.96. The fraction of sp³-hybridized carbons (Fsp3) is 0.0714. The molecule has 0 spiro atoms. The number of imidazole rings is 1. The molecule has 0 radical (unpaired) electrons. The Kier molecular flexibility index (Phi) is 3.17. The van der Waals surface area contributed by atoms with Crippen LogP contribution in [0.2, 0.25) is 0 Å². The summed E-state index contributed by atoms with van der Waals surface area (Å²) in [5.74, 6) is 0.732. The van der Waals surface area contributed by atoms with Crippen molar-refractivity contribution in [3.8, 4) is 5.69 Å². The van der Waals surface area contributed by atoms with E-state index in [9.17, 15) is 10.1 Å². The highest BCUT2D eigenvalue weighted by Gasteiger charge is 2.19. The topological polar surface area (TPSA) is 61.0 Å². The van der Waals surface area contributed by atoms with Gasteiger partial charge < -0.3 is 0 Å². The number of nitrogens with zero attached hydrogens (tertiary/aromatic N) is 3. The molecule has 0 saturated heterocycles. The maximum atomic E-state index is 11.3. The van der Waals surface area contributed by atoms with Crippen molar-refractivity contribution in [2.24, 2.45) is 0 Å². The van der Waals surface area contributed by atoms with E-state index in [0.717, 1.165) is 20.4 Å². The third kappa shape index (κ3) is 2.05. The lowest BCUT2D eigenvalue weighted by Crippen LogP contribution is -2.02. The van der Waals surface area contributed by atoms with E-state index in [4.69, 9.17) is 0 Å². The van der Waals surface area contributed by atoms with E-state index in [1.807, 2.05) is 41.8 Å². The summed E-state index contributed by atoms with van der Waals surface area (Å²) in [6, 6.07) is 12.8. The van der Waals surface area contributed by atoms with E-state index in [2.05, 4.69) is 27.6 Å². The van der Waals surface area contributed by atoms with Gasteiger partial charge in [-0.15, -0.1) is 0 Å². The van der Waals surface area contributed by atoms with Gasteiger partial charge in [0.1, 0.15) is 11.5 Å². The van der Waals surface area contributed by atoms with Gasteiger partial charge in [0.15, 0.2) is 0 Å². The third-order valence-corrected chi connectivity index (χ3v) is 3.77. The van der Waals surface area contributed by atoms with Crippen LogP contribution >= 0.6 is 22.6 Å². The molecule has 6 heteroatoms. The quantitative estimate of drug-likeness (QED) is 0.386. The molecule has 3 aromatic rings. The van der Waals surface area contributed by atoms with Crippen molar-refractivity contribution in [1.29, 1.82) is 0 Å². The standard InChI is InChI=1S/C14H10IN3O2/c1-9-16-11-4-2-3-5-12(11)17(9)13-7-6-10(15)8-14(13)18(19)20/h2-8H,1H3. The summed E-state index contributed by atoms with van der Waals surface area (Å²) in [4.78, 5) is 15.4. The third-order valence-electron chi connectivity index (χ3n) is 3.10. The Morgan fingerprint density at radius 3 is 2.75 bits per heavy atom. The maximum absolute atomic E-state index is 11.3. The molecule has 0 unspecified atom stereocenters. The minimum absolute atomic E-state index is 0.0863. The Bertz CT molecular complexity index is 826. The Labute approximate surface area is 128 Å². The van der Waals surface area contributed by atoms with Gasteiger partial charge >= 0.3 is 0 Å². The molecule has 0 saturated carbocycles. The fourth-order valence-electron chi connectivity index (χ4n) is 2.28. The second kappa shape index (κ2) is 4.86. The van der Waals surface area contributed by atoms with Gasteiger partial charge in [-0.05, 0) is 53.8 Å². The van der Waals surface area contributed by atoms with E-state index in [-0.39, 0.29) is 10.6 Å². The van der Waals surface area contributed by atoms with Gasteiger partial charge in [-0.3, -0.25) is 14.7 Å². The zero-order chi connectivity index (χ0) is 14.3. The first-order valence-corrected chi connectivity index (χ1v) is 7.04. The van der Waals surface area contributed by atoms with Crippen molar-refractivity contribution in [2.75, 3.05) is 0 Å². The molecule has 2 aromatic carbocycles. The molecule has 1 aromatic heterocycles. The molecule has 0 bridgehead atoms. The second-order valence-corrected chi connectivity index (χ2v) is 5.62. The van der Waals surface area contributed by atoms with Crippen LogP contribution in [0.4, 0.5) is 5.69 Å². The number of fused-ring (bicyclic) bond motifs is 1. The van der Waals surface area contributed by atoms with Crippen LogP contribution < -0.4 is 0 Å². The van der Waals surface area contributed by atoms with E-state index in [1.165, 1.54) is 0 Å². The number of hydrogen-bond acceptors (Lipinski definition) is 3. The van der Waals surface area contributed by atoms with Crippen LogP contribution in [0.15, 0.2) is 42.5 Å². The number of para-hydroxylation sites is 2. The molecule has 0 N–H and O–H groups in total. The Morgan fingerprint density at radius 1 is 1.25 bits per heavy atom. The molecule has 3 rings (SSSR count). The molecule has 0 fully saturated rings. The smallest absolute Gasteiger partial charge is 0.290 e. The summed E-state index contributed by atoms with van der Waals surface area (Å²) in [6.07, 6.45) is 0. The van der Waals surface area contributed by atoms with Crippen molar-refractivity contribution in [1.82, 2.24) is 9.55 Å². The van der Waals surface area contributed by atoms with Gasteiger partial charge in [0, 0.05) is 9.64 Å². The monoisotopic (exact) mass is 379 g/mol. The predicted molar refractivity (Wildman–Crippen MR) is 85.2 cm³/mol. The summed E-state index contributed by atoms with van der Waals surface area (Å²) in [5, 5.41) is 11.3. The van der Waals surface area contributed by atoms with Crippen molar-refractivity contribution in [3.05, 3.63) is 62.0 Å². The zero-order valence-corrected chi connectivity index (χ0v) is 12.7. The SMILES string of the molecule is Cc1nc2ccccc2n1-c1ccc(I)cc1[N+](=O)[O-]. The van der Waals surface area contributed by atoms with E-state index in [1.54, 1.807) is 12.1 Å². The summed E-state index contributed by atoms with van der Waals surface area (Å²) in [5.41, 5.74) is 2.33. The first kappa shape index (κ1) is 13.0. The molecule has 0 aliphatic rings. The molecule has 1 heterocycles. The maximum Gasteiger partial charge on any atom is 0.294 e. The minimum atomic E-state index is -0.355. The molecule has 0 aliphatic carbocycles. The number of nitro benzene ring substituents is 1. The van der Waals surface area contributed by atoms with Crippen LogP contribution in [-0.4, -0.2) is 14.5 Å². The average molecular weight is 379 g/mol. The predicted octanol–water partition coefficient (Wildman–Crippen LogP) is 3.85. The molecular weight excluding hydrogens is 369 g/mol. The molecular formula is C14H10IN3O2. The molecule has 0 aliphatic heterocycles. The van der Waals surface area contributed by atoms with Gasteiger partial charge in [0.2, 0.25) is 0 Å². The first-order valence-electron chi connectivity index (χ1n) is 5.96. The van der Waals surface area contributed by atoms with Crippen LogP contribution in [0, 0.1) is 20.6 Å². The van der Waals surface area contributed by atoms with Crippen molar-refractivity contribution in [2.45, 2.75) is 6.92 Å². The van der Waals surface area contributed by atoms with Gasteiger partial charge in [-0.2, -0.15) is 0 Å². The molecule has 100 valence electrons. The number of rotatable bonds is 2. The van der Waals surface area contributed by atoms with Gasteiger partial charge in [0.25, 0.3) is 5.69 Å². The highest BCUT2D eigenvalue weighted by atomic mass is 127. The summed E-state index contributed by atoms with van der Waals surface area (Å²) in [7, 11) is 0. The van der Waals surface area contributed by atoms with Crippen LogP contribution in [0.5, 0.6) is 0 Å². The van der Waals surface area contributed by atoms with Gasteiger partial charge in [-0.1, -0.05) is 12.1 Å². The summed E-state index contributed by atoms with van der Waals surface area (Å²) in [6.45, 7) is 1.85. The van der Waals surface area contributed by atoms with E-state index in [0.29, 0.717) is 5.69 Å². The van der Waals surface area contributed by atoms with Crippen LogP contribution in [0.25, 0.3) is 16.7 Å². The lowest BCUT2D eigenvalue weighted by Gasteiger charge is -2.08. The van der Waals surface area contributed by atoms with Crippen LogP contribution in [-0.2, 0) is 0 Å². The van der Waals surface area contributed by atoms with Crippen LogP contribution in [0.3, 0.4) is 0 Å². The largest absolute Gasteiger partial charge is 0.294 e. The number of benzene rings is 2. The first-order chi connectivity index (χ1) is 9.58. The molecule has 0 atom stereocenters. The highest BCUT2D eigenvalue weighted by molar-refractivity contribution is 14.1. The van der Waals surface area contributed by atoms with Gasteiger partial charge in [-0.25, -0.2) is 4.98 Å². The van der Waals surface area contributed by atoms with Crippen molar-refractivity contribution >= 4 is 39.3 Å². The Morgan fingerprint density at radius 2 is 2.00 bits per heavy atom. The average Bonchev–Trinajstić information content (AvgIpc) is 2.74. The lowest BCUT2D eigenvalue weighted by molar-refractivity contribution is -0.384. The summed E-state index contributed by atoms with van der Waals surface area (Å²) >= 11 is 2.07. The van der Waals surface area contributed by atoms with Crippen molar-refractivity contribution < 1.29 is 4.92 Å². The summed E-state index contributed by atoms with van der Waals surface area (Å²) < 4.78 is 2.66. The lowest BCUT2D eigenvalue weighted by atomic mass is 10.2. The second-order valence-electron chi connectivity index (χ2n) is 4.37. The van der Waals surface area contributed by atoms with Crippen LogP contribution in [0.1, 0.15) is 5.82 Å². The number of aryl methyl sites for hydroxylation is 1. The number of hydrogen-bond donors (Lipinski definition) is 0. The highest BCUT2D eigenvalue weighted by Crippen LogP contribution is 2.29. The molecule has 20 heavy (non-hydrogen) atoms. The normalized spacial score (nSPS) is 10.9. The molecule has 0 amide bonds. The van der Waals surface area contributed by atoms with E-state index >= 15 is 0 Å². The number of aromatic nitrogens is 2. The van der Waals surface area contributed by atoms with E-state index < -0.39 is 0 Å². The van der Waals surface area contributed by atoms with Crippen molar-refractivity contribution in [3.63, 3.8) is 0 Å². The van der Waals surface area contributed by atoms with Gasteiger partial charge in [0.05, 0.1) is 16.0 Å².